The van der Waals surface area contributed by atoms with Crippen LogP contribution in [0.5, 0.6) is 0 Å². The molecule has 0 radical (unpaired) electrons. The number of hydrogen-bond acceptors (Lipinski definition) is 3. The van der Waals surface area contributed by atoms with Gasteiger partial charge in [0.1, 0.15) is 0 Å². The van der Waals surface area contributed by atoms with Gasteiger partial charge >= 0.3 is 0 Å². The highest BCUT2D eigenvalue weighted by atomic mass is 32.2. The number of nitrogens with zero attached hydrogens (tertiary/aromatic N) is 2. The molecule has 1 atom stereocenters. The smallest absolute Gasteiger partial charge is 0.210 e. The van der Waals surface area contributed by atoms with E-state index in [1.807, 2.05) is 6.07 Å². The van der Waals surface area contributed by atoms with Crippen molar-refractivity contribution < 1.29 is 8.42 Å². The Balaban J connectivity index is 3.17. The van der Waals surface area contributed by atoms with Crippen molar-refractivity contribution in [3.05, 3.63) is 35.9 Å². The number of sulfonamides is 1. The van der Waals surface area contributed by atoms with Gasteiger partial charge in [-0.15, -0.1) is 0 Å². The van der Waals surface area contributed by atoms with Crippen molar-refractivity contribution >= 4 is 10.0 Å². The van der Waals surface area contributed by atoms with E-state index in [2.05, 4.69) is 0 Å². The van der Waals surface area contributed by atoms with Crippen LogP contribution in [0, 0.1) is 11.3 Å². The average Bonchev–Trinajstić information content (AvgIpc) is 2.32. The molecule has 1 aromatic carbocycles. The van der Waals surface area contributed by atoms with Crippen LogP contribution in [0.1, 0.15) is 24.7 Å². The Labute approximate surface area is 103 Å². The number of rotatable bonds is 5. The predicted octanol–water partition coefficient (Wildman–Crippen LogP) is 1.92. The quantitative estimate of drug-likeness (QED) is 0.804. The van der Waals surface area contributed by atoms with Crippen molar-refractivity contribution in [1.29, 1.82) is 5.26 Å². The maximum atomic E-state index is 12.2. The zero-order valence-electron chi connectivity index (χ0n) is 10.00. The lowest BCUT2D eigenvalue weighted by atomic mass is 10.2. The van der Waals surface area contributed by atoms with E-state index in [-0.39, 0.29) is 0 Å². The molecule has 0 aromatic heterocycles. The SMILES string of the molecule is CCN(CC)S(=O)(=O)C(C#N)c1ccccc1. The molecule has 0 spiro atoms. The summed E-state index contributed by atoms with van der Waals surface area (Å²) in [6.45, 7) is 4.29. The highest BCUT2D eigenvalue weighted by Crippen LogP contribution is 2.24. The molecule has 0 fully saturated rings. The fraction of sp³-hybridized carbons (Fsp3) is 0.417. The standard InChI is InChI=1S/C12H16N2O2S/c1-3-14(4-2)17(15,16)12(10-13)11-8-6-5-7-9-11/h5-9,12H,3-4H2,1-2H3. The van der Waals surface area contributed by atoms with Crippen LogP contribution in [0.3, 0.4) is 0 Å². The molecular formula is C12H16N2O2S. The molecule has 5 heteroatoms. The minimum Gasteiger partial charge on any atom is -0.210 e. The molecule has 0 N–H and O–H groups in total. The second kappa shape index (κ2) is 5.80. The molecule has 4 nitrogen and oxygen atoms in total. The van der Waals surface area contributed by atoms with Crippen LogP contribution in [0.25, 0.3) is 0 Å². The summed E-state index contributed by atoms with van der Waals surface area (Å²) in [5.74, 6) is 0. The van der Waals surface area contributed by atoms with Crippen LogP contribution >= 0.6 is 0 Å². The maximum absolute atomic E-state index is 12.2. The molecule has 17 heavy (non-hydrogen) atoms. The van der Waals surface area contributed by atoms with E-state index in [9.17, 15) is 8.42 Å². The number of nitriles is 1. The van der Waals surface area contributed by atoms with Crippen LogP contribution < -0.4 is 0 Å². The first-order valence-electron chi connectivity index (χ1n) is 5.51. The third-order valence-corrected chi connectivity index (χ3v) is 4.79. The second-order valence-electron chi connectivity index (χ2n) is 3.55. The first-order chi connectivity index (χ1) is 8.07. The number of hydrogen-bond donors (Lipinski definition) is 0. The first kappa shape index (κ1) is 13.7. The third-order valence-electron chi connectivity index (χ3n) is 2.58. The predicted molar refractivity (Wildman–Crippen MR) is 66.6 cm³/mol. The Kier molecular flexibility index (Phi) is 4.67. The van der Waals surface area contributed by atoms with Gasteiger partial charge in [0.05, 0.1) is 6.07 Å². The third kappa shape index (κ3) is 2.84. The van der Waals surface area contributed by atoms with Crippen molar-refractivity contribution in [2.75, 3.05) is 13.1 Å². The van der Waals surface area contributed by atoms with Crippen LogP contribution in [-0.2, 0) is 10.0 Å². The van der Waals surface area contributed by atoms with E-state index in [1.165, 1.54) is 4.31 Å². The summed E-state index contributed by atoms with van der Waals surface area (Å²) in [6, 6.07) is 10.5. The molecule has 0 bridgehead atoms. The molecular weight excluding hydrogens is 236 g/mol. The summed E-state index contributed by atoms with van der Waals surface area (Å²) in [5.41, 5.74) is 0.516. The highest BCUT2D eigenvalue weighted by molar-refractivity contribution is 7.89. The monoisotopic (exact) mass is 252 g/mol. The molecule has 1 aromatic rings. The van der Waals surface area contributed by atoms with Gasteiger partial charge in [0.25, 0.3) is 0 Å². The molecule has 1 rings (SSSR count). The van der Waals surface area contributed by atoms with Gasteiger partial charge in [0, 0.05) is 13.1 Å². The van der Waals surface area contributed by atoms with Crippen LogP contribution in [0.2, 0.25) is 0 Å². The van der Waals surface area contributed by atoms with Gasteiger partial charge < -0.3 is 0 Å². The Hall–Kier alpha value is -1.38. The Morgan fingerprint density at radius 1 is 1.24 bits per heavy atom. The topological polar surface area (TPSA) is 61.2 Å². The average molecular weight is 252 g/mol. The summed E-state index contributed by atoms with van der Waals surface area (Å²) < 4.78 is 25.8. The molecule has 0 saturated heterocycles. The second-order valence-corrected chi connectivity index (χ2v) is 5.57. The van der Waals surface area contributed by atoms with Gasteiger partial charge in [0.2, 0.25) is 10.0 Å². The Morgan fingerprint density at radius 2 is 1.76 bits per heavy atom. The zero-order valence-corrected chi connectivity index (χ0v) is 10.8. The van der Waals surface area contributed by atoms with E-state index in [0.29, 0.717) is 18.7 Å². The fourth-order valence-corrected chi connectivity index (χ4v) is 3.33. The molecule has 0 heterocycles. The van der Waals surface area contributed by atoms with Gasteiger partial charge in [0.15, 0.2) is 5.25 Å². The van der Waals surface area contributed by atoms with E-state index in [0.717, 1.165) is 0 Å². The maximum Gasteiger partial charge on any atom is 0.234 e. The van der Waals surface area contributed by atoms with Crippen molar-refractivity contribution in [3.8, 4) is 6.07 Å². The van der Waals surface area contributed by atoms with E-state index < -0.39 is 15.3 Å². The molecule has 92 valence electrons. The summed E-state index contributed by atoms with van der Waals surface area (Å²) in [7, 11) is -3.59. The van der Waals surface area contributed by atoms with Crippen LogP contribution in [0.4, 0.5) is 0 Å². The first-order valence-corrected chi connectivity index (χ1v) is 7.01. The van der Waals surface area contributed by atoms with Crippen molar-refractivity contribution in [1.82, 2.24) is 4.31 Å². The largest absolute Gasteiger partial charge is 0.234 e. The normalized spacial score (nSPS) is 13.3. The highest BCUT2D eigenvalue weighted by Gasteiger charge is 2.31. The molecule has 0 aliphatic heterocycles. The van der Waals surface area contributed by atoms with Crippen molar-refractivity contribution in [2.45, 2.75) is 19.1 Å². The number of benzene rings is 1. The van der Waals surface area contributed by atoms with Crippen molar-refractivity contribution in [2.24, 2.45) is 0 Å². The lowest BCUT2D eigenvalue weighted by Gasteiger charge is -2.21. The minimum absolute atomic E-state index is 0.379. The van der Waals surface area contributed by atoms with Crippen molar-refractivity contribution in [3.63, 3.8) is 0 Å². The minimum atomic E-state index is -3.59. The van der Waals surface area contributed by atoms with E-state index in [4.69, 9.17) is 5.26 Å². The van der Waals surface area contributed by atoms with Gasteiger partial charge in [-0.05, 0) is 5.56 Å². The lowest BCUT2D eigenvalue weighted by molar-refractivity contribution is 0.441. The van der Waals surface area contributed by atoms with Gasteiger partial charge in [-0.1, -0.05) is 44.2 Å². The zero-order chi connectivity index (χ0) is 12.9. The van der Waals surface area contributed by atoms with Gasteiger partial charge in [-0.2, -0.15) is 5.26 Å². The van der Waals surface area contributed by atoms with Crippen LogP contribution in [0.15, 0.2) is 30.3 Å². The Morgan fingerprint density at radius 3 is 2.18 bits per heavy atom. The summed E-state index contributed by atoms with van der Waals surface area (Å²) >= 11 is 0. The molecule has 0 amide bonds. The molecule has 0 aliphatic rings. The molecule has 0 saturated carbocycles. The lowest BCUT2D eigenvalue weighted by Crippen LogP contribution is -2.34. The van der Waals surface area contributed by atoms with E-state index >= 15 is 0 Å². The fourth-order valence-electron chi connectivity index (χ4n) is 1.67. The summed E-state index contributed by atoms with van der Waals surface area (Å²) in [5, 5.41) is 7.98. The summed E-state index contributed by atoms with van der Waals surface area (Å²) in [6.07, 6.45) is 0. The van der Waals surface area contributed by atoms with Gasteiger partial charge in [-0.25, -0.2) is 12.7 Å². The van der Waals surface area contributed by atoms with Gasteiger partial charge in [-0.3, -0.25) is 0 Å². The summed E-state index contributed by atoms with van der Waals surface area (Å²) in [4.78, 5) is 0. The van der Waals surface area contributed by atoms with E-state index in [1.54, 1.807) is 44.2 Å². The Bertz CT molecular complexity index is 487. The molecule has 1 unspecified atom stereocenters. The molecule has 0 aliphatic carbocycles. The van der Waals surface area contributed by atoms with Crippen LogP contribution in [-0.4, -0.2) is 25.8 Å².